The molecule has 0 saturated carbocycles. The zero-order valence-corrected chi connectivity index (χ0v) is 11.3. The van der Waals surface area contributed by atoms with E-state index in [2.05, 4.69) is 5.10 Å². The highest BCUT2D eigenvalue weighted by molar-refractivity contribution is 6.03. The van der Waals surface area contributed by atoms with Crippen molar-refractivity contribution in [1.82, 2.24) is 9.78 Å². The Hall–Kier alpha value is -2.48. The number of aromatic nitrogens is 2. The number of rotatable bonds is 4. The van der Waals surface area contributed by atoms with E-state index in [1.54, 1.807) is 17.9 Å². The Bertz CT molecular complexity index is 667. The van der Waals surface area contributed by atoms with E-state index in [1.165, 1.54) is 24.3 Å². The molecule has 1 aromatic heterocycles. The lowest BCUT2D eigenvalue weighted by Crippen LogP contribution is -2.12. The molecule has 1 unspecified atom stereocenters. The van der Waals surface area contributed by atoms with E-state index in [4.69, 9.17) is 0 Å². The summed E-state index contributed by atoms with van der Waals surface area (Å²) in [5.41, 5.74) is 1.61. The van der Waals surface area contributed by atoms with Crippen LogP contribution in [-0.2, 0) is 13.5 Å². The van der Waals surface area contributed by atoms with Gasteiger partial charge in [0.1, 0.15) is 11.7 Å². The summed E-state index contributed by atoms with van der Waals surface area (Å²) in [6.07, 6.45) is 2.23. The molecule has 5 heteroatoms. The van der Waals surface area contributed by atoms with Crippen molar-refractivity contribution in [3.63, 3.8) is 0 Å². The molecule has 0 saturated heterocycles. The highest BCUT2D eigenvalue weighted by Crippen LogP contribution is 2.22. The molecule has 1 aromatic carbocycles. The monoisotopic (exact) mass is 271 g/mol. The summed E-state index contributed by atoms with van der Waals surface area (Å²) in [4.78, 5) is 12.5. The molecule has 0 radical (unpaired) electrons. The number of aryl methyl sites for hydroxylation is 2. The van der Waals surface area contributed by atoms with Gasteiger partial charge in [0.25, 0.3) is 0 Å². The second-order valence-electron chi connectivity index (χ2n) is 4.49. The Balaban J connectivity index is 2.39. The molecule has 0 N–H and O–H groups in total. The molecule has 1 heterocycles. The zero-order valence-electron chi connectivity index (χ0n) is 11.3. The van der Waals surface area contributed by atoms with Crippen LogP contribution < -0.4 is 0 Å². The second kappa shape index (κ2) is 5.66. The summed E-state index contributed by atoms with van der Waals surface area (Å²) >= 11 is 0. The van der Waals surface area contributed by atoms with Gasteiger partial charge in [0.15, 0.2) is 5.78 Å². The fourth-order valence-electron chi connectivity index (χ4n) is 2.10. The predicted molar refractivity (Wildman–Crippen MR) is 71.7 cm³/mol. The van der Waals surface area contributed by atoms with Gasteiger partial charge in [0, 0.05) is 13.2 Å². The number of carbonyl (C=O) groups excluding carboxylic acids is 1. The molecule has 0 aliphatic heterocycles. The smallest absolute Gasteiger partial charge is 0.187 e. The lowest BCUT2D eigenvalue weighted by Gasteiger charge is -2.08. The molecule has 4 nitrogen and oxygen atoms in total. The van der Waals surface area contributed by atoms with Crippen molar-refractivity contribution in [2.75, 3.05) is 0 Å². The van der Waals surface area contributed by atoms with Crippen molar-refractivity contribution < 1.29 is 9.18 Å². The minimum Gasteiger partial charge on any atom is -0.292 e. The summed E-state index contributed by atoms with van der Waals surface area (Å²) in [5, 5.41) is 13.5. The SMILES string of the molecule is CCc1nn(C)cc1C(=O)C(C#N)c1ccc(F)cc1. The van der Waals surface area contributed by atoms with E-state index in [0.29, 0.717) is 23.2 Å². The van der Waals surface area contributed by atoms with Crippen molar-refractivity contribution in [3.05, 3.63) is 53.1 Å². The van der Waals surface area contributed by atoms with Crippen LogP contribution in [0.4, 0.5) is 4.39 Å². The van der Waals surface area contributed by atoms with E-state index in [-0.39, 0.29) is 5.78 Å². The highest BCUT2D eigenvalue weighted by atomic mass is 19.1. The summed E-state index contributed by atoms with van der Waals surface area (Å²) in [5.74, 6) is -1.64. The number of halogens is 1. The number of nitriles is 1. The third kappa shape index (κ3) is 2.59. The molecule has 0 aliphatic rings. The molecule has 2 rings (SSSR count). The van der Waals surface area contributed by atoms with Gasteiger partial charge in [0.2, 0.25) is 0 Å². The number of carbonyl (C=O) groups is 1. The molecule has 0 aliphatic carbocycles. The van der Waals surface area contributed by atoms with E-state index in [0.717, 1.165) is 0 Å². The first-order chi connectivity index (χ1) is 9.56. The fraction of sp³-hybridized carbons (Fsp3) is 0.267. The molecule has 0 fully saturated rings. The molecule has 102 valence electrons. The maximum atomic E-state index is 12.9. The van der Waals surface area contributed by atoms with Crippen molar-refractivity contribution in [3.8, 4) is 6.07 Å². The first kappa shape index (κ1) is 13.9. The number of hydrogen-bond acceptors (Lipinski definition) is 3. The average Bonchev–Trinajstić information content (AvgIpc) is 2.82. The van der Waals surface area contributed by atoms with Gasteiger partial charge >= 0.3 is 0 Å². The quantitative estimate of drug-likeness (QED) is 0.803. The third-order valence-corrected chi connectivity index (χ3v) is 3.10. The van der Waals surface area contributed by atoms with E-state index >= 15 is 0 Å². The Labute approximate surface area is 116 Å². The van der Waals surface area contributed by atoms with Crippen LogP contribution in [0.2, 0.25) is 0 Å². The van der Waals surface area contributed by atoms with Crippen LogP contribution in [-0.4, -0.2) is 15.6 Å². The van der Waals surface area contributed by atoms with Crippen LogP contribution in [0.25, 0.3) is 0 Å². The largest absolute Gasteiger partial charge is 0.292 e. The van der Waals surface area contributed by atoms with Crippen LogP contribution in [0.3, 0.4) is 0 Å². The Kier molecular flexibility index (Phi) is 3.94. The van der Waals surface area contributed by atoms with Gasteiger partial charge in [-0.25, -0.2) is 4.39 Å². The Morgan fingerprint density at radius 1 is 1.45 bits per heavy atom. The van der Waals surface area contributed by atoms with Crippen molar-refractivity contribution in [2.45, 2.75) is 19.3 Å². The molecule has 2 aromatic rings. The maximum Gasteiger partial charge on any atom is 0.187 e. The number of benzene rings is 1. The fourth-order valence-corrected chi connectivity index (χ4v) is 2.10. The molecular formula is C15H14FN3O. The number of ketones is 1. The van der Waals surface area contributed by atoms with Crippen LogP contribution >= 0.6 is 0 Å². The number of hydrogen-bond donors (Lipinski definition) is 0. The summed E-state index contributed by atoms with van der Waals surface area (Å²) < 4.78 is 14.5. The van der Waals surface area contributed by atoms with Gasteiger partial charge in [0.05, 0.1) is 17.3 Å². The number of nitrogens with zero attached hydrogens (tertiary/aromatic N) is 3. The topological polar surface area (TPSA) is 58.7 Å². The molecule has 1 atom stereocenters. The molecule has 0 bridgehead atoms. The van der Waals surface area contributed by atoms with Crippen molar-refractivity contribution >= 4 is 5.78 Å². The van der Waals surface area contributed by atoms with Gasteiger partial charge in [-0.1, -0.05) is 19.1 Å². The minimum absolute atomic E-state index is 0.302. The molecule has 0 amide bonds. The second-order valence-corrected chi connectivity index (χ2v) is 4.49. The van der Waals surface area contributed by atoms with Gasteiger partial charge in [-0.2, -0.15) is 10.4 Å². The molecule has 20 heavy (non-hydrogen) atoms. The van der Waals surface area contributed by atoms with E-state index in [9.17, 15) is 14.4 Å². The third-order valence-electron chi connectivity index (χ3n) is 3.10. The van der Waals surface area contributed by atoms with Gasteiger partial charge in [-0.15, -0.1) is 0 Å². The zero-order chi connectivity index (χ0) is 14.7. The Morgan fingerprint density at radius 2 is 2.10 bits per heavy atom. The van der Waals surface area contributed by atoms with E-state index in [1.807, 2.05) is 13.0 Å². The standard InChI is InChI=1S/C15H14FN3O/c1-3-14-13(9-19(2)18-14)15(20)12(8-17)10-4-6-11(16)7-5-10/h4-7,9,12H,3H2,1-2H3. The van der Waals surface area contributed by atoms with Crippen LogP contribution in [0.5, 0.6) is 0 Å². The summed E-state index contributed by atoms with van der Waals surface area (Å²) in [6.45, 7) is 1.90. The first-order valence-corrected chi connectivity index (χ1v) is 6.28. The summed E-state index contributed by atoms with van der Waals surface area (Å²) in [6, 6.07) is 7.40. The van der Waals surface area contributed by atoms with E-state index < -0.39 is 11.7 Å². The molecule has 0 spiro atoms. The normalized spacial score (nSPS) is 11.9. The lowest BCUT2D eigenvalue weighted by atomic mass is 9.92. The Morgan fingerprint density at radius 3 is 2.65 bits per heavy atom. The predicted octanol–water partition coefficient (Wildman–Crippen LogP) is 2.61. The van der Waals surface area contributed by atoms with Gasteiger partial charge in [-0.3, -0.25) is 9.48 Å². The lowest BCUT2D eigenvalue weighted by molar-refractivity contribution is 0.0978. The highest BCUT2D eigenvalue weighted by Gasteiger charge is 2.25. The maximum absolute atomic E-state index is 12.9. The summed E-state index contributed by atoms with van der Waals surface area (Å²) in [7, 11) is 1.73. The van der Waals surface area contributed by atoms with Gasteiger partial charge < -0.3 is 0 Å². The van der Waals surface area contributed by atoms with Crippen LogP contribution in [0, 0.1) is 17.1 Å². The minimum atomic E-state index is -0.940. The average molecular weight is 271 g/mol. The van der Waals surface area contributed by atoms with Crippen LogP contribution in [0.1, 0.15) is 34.5 Å². The number of Topliss-reactive ketones (excluding diaryl/α,β-unsaturated/α-hetero) is 1. The van der Waals surface area contributed by atoms with Crippen molar-refractivity contribution in [2.24, 2.45) is 7.05 Å². The van der Waals surface area contributed by atoms with Gasteiger partial charge in [-0.05, 0) is 24.1 Å². The van der Waals surface area contributed by atoms with Crippen LogP contribution in [0.15, 0.2) is 30.5 Å². The molecular weight excluding hydrogens is 257 g/mol. The van der Waals surface area contributed by atoms with Crippen molar-refractivity contribution in [1.29, 1.82) is 5.26 Å². The first-order valence-electron chi connectivity index (χ1n) is 6.28.